The molecule has 0 aromatic carbocycles. The molecule has 0 bridgehead atoms. The molecule has 5 heavy (non-hydrogen) atoms. The van der Waals surface area contributed by atoms with Crippen LogP contribution in [0.4, 0.5) is 0 Å². The summed E-state index contributed by atoms with van der Waals surface area (Å²) in [6.07, 6.45) is 0. The summed E-state index contributed by atoms with van der Waals surface area (Å²) in [5.41, 5.74) is 0. The quantitative estimate of drug-likeness (QED) is 0.408. The fraction of sp³-hybridized carbons (Fsp3) is 0. The maximum absolute atomic E-state index is 4.54. The second-order valence-corrected chi connectivity index (χ2v) is 15.1. The van der Waals surface area contributed by atoms with Crippen LogP contribution >= 0.6 is 32.4 Å². The molecule has 0 aliphatic rings. The standard InChI is InChI=1S/Fe.3P.S. The Bertz CT molecular complexity index is 411. The Balaban J connectivity index is 8.08. The molecule has 5 heteroatoms. The first kappa shape index (κ1) is 7.03. The van der Waals surface area contributed by atoms with Crippen LogP contribution < -0.4 is 0 Å². The third kappa shape index (κ3) is 23.8. The zero-order valence-corrected chi connectivity index (χ0v) is 6.71. The Morgan fingerprint density at radius 3 is 1.20 bits per heavy atom. The summed E-state index contributed by atoms with van der Waals surface area (Å²) in [4.78, 5) is 0. The number of rotatable bonds is 0. The van der Waals surface area contributed by atoms with Gasteiger partial charge in [0.2, 0.25) is 0 Å². The van der Waals surface area contributed by atoms with Crippen molar-refractivity contribution in [3.05, 3.63) is 0 Å². The first-order valence-corrected chi connectivity index (χ1v) is 7.65. The van der Waals surface area contributed by atoms with E-state index in [2.05, 4.69) is 32.4 Å². The molecule has 0 aliphatic heterocycles. The molecule has 0 unspecified atom stereocenters. The molecule has 0 fully saturated rings. The van der Waals surface area contributed by atoms with Crippen molar-refractivity contribution < 1.29 is 7.83 Å². The summed E-state index contributed by atoms with van der Waals surface area (Å²) in [5, 5.41) is 0. The molecule has 0 N–H and O–H groups in total. The molecule has 0 radical (unpaired) electrons. The summed E-state index contributed by atoms with van der Waals surface area (Å²) in [6.45, 7) is 0. The van der Waals surface area contributed by atoms with E-state index in [1.165, 1.54) is 0 Å². The molecule has 0 saturated heterocycles. The van der Waals surface area contributed by atoms with Gasteiger partial charge in [0, 0.05) is 0 Å². The zero-order valence-electron chi connectivity index (χ0n) is 2.10. The first-order chi connectivity index (χ1) is 2.00. The molecule has 0 spiro atoms. The van der Waals surface area contributed by atoms with E-state index in [9.17, 15) is 0 Å². The molecule has 0 rings (SSSR count). The van der Waals surface area contributed by atoms with Gasteiger partial charge in [-0.3, -0.25) is 0 Å². The molecule has 0 amide bonds. The van der Waals surface area contributed by atoms with E-state index < -0.39 is 7.83 Å². The fourth-order valence-electron chi connectivity index (χ4n) is 0. The molecule has 0 aromatic rings. The van der Waals surface area contributed by atoms with Gasteiger partial charge in [0.15, 0.2) is 0 Å². The summed E-state index contributed by atoms with van der Waals surface area (Å²) in [6, 6.07) is 0. The Morgan fingerprint density at radius 2 is 1.20 bits per heavy atom. The van der Waals surface area contributed by atoms with Crippen molar-refractivity contribution in [2.45, 2.75) is 0 Å². The van der Waals surface area contributed by atoms with E-state index in [0.717, 1.165) is 0 Å². The molecule has 0 heterocycles. The Labute approximate surface area is 40.4 Å². The van der Waals surface area contributed by atoms with Crippen LogP contribution in [0.3, 0.4) is 0 Å². The molecule has 29 valence electrons. The topological polar surface area (TPSA) is 0 Å². The normalized spacial score (nSPS) is 7.40. The van der Waals surface area contributed by atoms with Gasteiger partial charge in [-0.1, -0.05) is 0 Å². The summed E-state index contributed by atoms with van der Waals surface area (Å²) >= 11 is 0. The second kappa shape index (κ2) is 2.37. The van der Waals surface area contributed by atoms with Gasteiger partial charge in [-0.15, -0.1) is 0 Å². The number of hydrogen-bond donors (Lipinski definition) is 0. The second-order valence-electron chi connectivity index (χ2n) is 0.406. The van der Waals surface area contributed by atoms with E-state index in [-0.39, 0.29) is 0 Å². The monoisotopic (exact) mass is 181 g/mol. The van der Waals surface area contributed by atoms with Gasteiger partial charge in [0.05, 0.1) is 0 Å². The van der Waals surface area contributed by atoms with Crippen LogP contribution in [0.2, 0.25) is 0 Å². The van der Waals surface area contributed by atoms with Gasteiger partial charge >= 0.3 is 40.2 Å². The van der Waals surface area contributed by atoms with Crippen molar-refractivity contribution in [2.24, 2.45) is 0 Å². The van der Waals surface area contributed by atoms with Gasteiger partial charge in [0.25, 0.3) is 0 Å². The molecule has 0 aliphatic carbocycles. The van der Waals surface area contributed by atoms with Crippen LogP contribution in [-0.4, -0.2) is 0 Å². The van der Waals surface area contributed by atoms with E-state index in [1.807, 2.05) is 0 Å². The fourth-order valence-corrected chi connectivity index (χ4v) is 0. The Morgan fingerprint density at radius 1 is 1.20 bits per heavy atom. The first-order valence-electron chi connectivity index (χ1n) is 0.619. The van der Waals surface area contributed by atoms with Crippen LogP contribution in [0.1, 0.15) is 0 Å². The average Bonchev–Trinajstić information content (AvgIpc) is 0.722. The van der Waals surface area contributed by atoms with E-state index in [0.29, 0.717) is 0 Å². The molecule has 0 aromatic heterocycles. The predicted octanol–water partition coefficient (Wildman–Crippen LogP) is 3.23. The Kier molecular flexibility index (Phi) is 3.33. The predicted molar refractivity (Wildman–Crippen MR) is 28.4 cm³/mol. The average molecular weight is 181 g/mol. The summed E-state index contributed by atoms with van der Waals surface area (Å²) in [5.74, 6) is 0. The summed E-state index contributed by atoms with van der Waals surface area (Å²) < 4.78 is 0. The van der Waals surface area contributed by atoms with Crippen molar-refractivity contribution in [3.63, 3.8) is 0 Å². The van der Waals surface area contributed by atoms with Crippen molar-refractivity contribution in [3.8, 4) is 0 Å². The van der Waals surface area contributed by atoms with Crippen molar-refractivity contribution in [1.29, 1.82) is 0 Å². The molecular weight excluding hydrogens is 181 g/mol. The van der Waals surface area contributed by atoms with Crippen LogP contribution in [0, 0.1) is 0 Å². The van der Waals surface area contributed by atoms with Gasteiger partial charge in [-0.2, -0.15) is 0 Å². The summed E-state index contributed by atoms with van der Waals surface area (Å²) in [7, 11) is 14.1. The van der Waals surface area contributed by atoms with Crippen molar-refractivity contribution >= 4 is 32.4 Å². The van der Waals surface area contributed by atoms with Crippen molar-refractivity contribution in [1.82, 2.24) is 0 Å². The molecule has 0 atom stereocenters. The van der Waals surface area contributed by atoms with Gasteiger partial charge in [0.1, 0.15) is 0 Å². The maximum atomic E-state index is 4.54. The molecule has 0 nitrogen and oxygen atoms in total. The minimum absolute atomic E-state index is 1.83. The molecule has 0 saturated carbocycles. The third-order valence-electron chi connectivity index (χ3n) is 0. The van der Waals surface area contributed by atoms with Gasteiger partial charge in [-0.25, -0.2) is 0 Å². The van der Waals surface area contributed by atoms with Gasteiger partial charge < -0.3 is 0 Å². The van der Waals surface area contributed by atoms with Crippen LogP contribution in [0.5, 0.6) is 0 Å². The van der Waals surface area contributed by atoms with Gasteiger partial charge in [-0.05, 0) is 0 Å². The van der Waals surface area contributed by atoms with Crippen LogP contribution in [0.15, 0.2) is 0 Å². The van der Waals surface area contributed by atoms with E-state index in [1.54, 1.807) is 0 Å². The van der Waals surface area contributed by atoms with Crippen LogP contribution in [0.25, 0.3) is 0 Å². The number of hydrogen-bond acceptors (Lipinski definition) is 1. The van der Waals surface area contributed by atoms with Crippen LogP contribution in [-0.2, 0) is 7.83 Å². The van der Waals surface area contributed by atoms with E-state index in [4.69, 9.17) is 0 Å². The van der Waals surface area contributed by atoms with Crippen molar-refractivity contribution in [2.75, 3.05) is 0 Å². The SMILES string of the molecule is [P]#[Fe](#[P])(#[P])=[S]. The Hall–Kier alpha value is 2.03. The molecular formula is FeP3S. The van der Waals surface area contributed by atoms with E-state index >= 15 is 0 Å². The third-order valence-corrected chi connectivity index (χ3v) is 0. The zero-order chi connectivity index (χ0) is 4.50. The minimum atomic E-state index is -1.83.